The summed E-state index contributed by atoms with van der Waals surface area (Å²) < 4.78 is 5.50. The van der Waals surface area contributed by atoms with E-state index in [4.69, 9.17) is 4.74 Å². The number of H-pyrrole nitrogens is 1. The number of fused-ring (bicyclic) bond motifs is 1. The molecule has 1 aromatic heterocycles. The maximum Gasteiger partial charge on any atom is 0.260 e. The first-order chi connectivity index (χ1) is 11.8. The third-order valence-corrected chi connectivity index (χ3v) is 6.20. The number of nitrogens with zero attached hydrogens (tertiary/aromatic N) is 2. The first-order valence-electron chi connectivity index (χ1n) is 8.40. The monoisotopic (exact) mass is 346 g/mol. The van der Waals surface area contributed by atoms with Crippen LogP contribution >= 0.6 is 11.8 Å². The van der Waals surface area contributed by atoms with Crippen LogP contribution in [0.4, 0.5) is 5.95 Å². The summed E-state index contributed by atoms with van der Waals surface area (Å²) in [6, 6.07) is 7.43. The highest BCUT2D eigenvalue weighted by molar-refractivity contribution is 7.99. The van der Waals surface area contributed by atoms with Gasteiger partial charge in [-0.05, 0) is 24.3 Å². The average Bonchev–Trinajstić information content (AvgIpc) is 3.11. The Morgan fingerprint density at radius 2 is 2.17 bits per heavy atom. The van der Waals surface area contributed by atoms with Crippen LogP contribution in [0.2, 0.25) is 0 Å². The molecule has 2 aliphatic rings. The quantitative estimate of drug-likeness (QED) is 0.875. The molecule has 0 spiro atoms. The number of thioether (sulfide) groups is 1. The average molecular weight is 346 g/mol. The Balaban J connectivity index is 1.55. The van der Waals surface area contributed by atoms with Crippen LogP contribution < -0.4 is 10.9 Å². The molecule has 3 heterocycles. The van der Waals surface area contributed by atoms with Gasteiger partial charge in [0.15, 0.2) is 0 Å². The summed E-state index contributed by atoms with van der Waals surface area (Å²) in [5.41, 5.74) is 0.757. The summed E-state index contributed by atoms with van der Waals surface area (Å²) in [5, 5.41) is 4.02. The molecule has 2 aromatic rings. The Bertz CT molecular complexity index is 767. The highest BCUT2D eigenvalue weighted by atomic mass is 32.2. The molecular weight excluding hydrogens is 324 g/mol. The second-order valence-electron chi connectivity index (χ2n) is 6.41. The van der Waals surface area contributed by atoms with E-state index in [1.807, 2.05) is 30.0 Å². The van der Waals surface area contributed by atoms with Crippen LogP contribution in [0.3, 0.4) is 0 Å². The minimum Gasteiger partial charge on any atom is -0.379 e. The van der Waals surface area contributed by atoms with Gasteiger partial charge < -0.3 is 10.1 Å². The van der Waals surface area contributed by atoms with Crippen LogP contribution in [-0.4, -0.2) is 64.8 Å². The minimum absolute atomic E-state index is 0.0932. The zero-order valence-corrected chi connectivity index (χ0v) is 14.4. The zero-order valence-electron chi connectivity index (χ0n) is 13.6. The van der Waals surface area contributed by atoms with Gasteiger partial charge in [-0.2, -0.15) is 11.8 Å². The molecule has 1 aromatic carbocycles. The molecule has 7 heteroatoms. The van der Waals surface area contributed by atoms with Crippen molar-refractivity contribution in [2.75, 3.05) is 49.7 Å². The lowest BCUT2D eigenvalue weighted by Crippen LogP contribution is -2.57. The molecule has 0 bridgehead atoms. The number of para-hydroxylation sites is 1. The van der Waals surface area contributed by atoms with E-state index in [0.29, 0.717) is 11.3 Å². The summed E-state index contributed by atoms with van der Waals surface area (Å²) >= 11 is 2.00. The molecule has 24 heavy (non-hydrogen) atoms. The Labute approximate surface area is 145 Å². The Morgan fingerprint density at radius 3 is 2.96 bits per heavy atom. The van der Waals surface area contributed by atoms with Crippen molar-refractivity contribution in [3.05, 3.63) is 34.6 Å². The molecule has 0 aliphatic carbocycles. The fourth-order valence-electron chi connectivity index (χ4n) is 3.55. The first kappa shape index (κ1) is 15.9. The van der Waals surface area contributed by atoms with E-state index in [1.54, 1.807) is 6.07 Å². The summed E-state index contributed by atoms with van der Waals surface area (Å²) in [7, 11) is 0. The summed E-state index contributed by atoms with van der Waals surface area (Å²) in [6.45, 7) is 4.35. The third kappa shape index (κ3) is 3.03. The van der Waals surface area contributed by atoms with E-state index in [0.717, 1.165) is 50.5 Å². The van der Waals surface area contributed by atoms with E-state index in [1.165, 1.54) is 5.75 Å². The summed E-state index contributed by atoms with van der Waals surface area (Å²) in [4.78, 5) is 22.2. The van der Waals surface area contributed by atoms with Gasteiger partial charge in [0.2, 0.25) is 5.95 Å². The Hall–Kier alpha value is -1.57. The lowest BCUT2D eigenvalue weighted by atomic mass is 9.95. The molecule has 4 rings (SSSR count). The van der Waals surface area contributed by atoms with Crippen molar-refractivity contribution in [2.45, 2.75) is 12.0 Å². The van der Waals surface area contributed by atoms with Gasteiger partial charge in [0.05, 0.1) is 24.1 Å². The SMILES string of the molecule is O=c1[nH]c(NCC2(N3CCOCC3)CCSC2)nc2ccccc12. The molecule has 0 saturated carbocycles. The van der Waals surface area contributed by atoms with Crippen molar-refractivity contribution in [2.24, 2.45) is 0 Å². The van der Waals surface area contributed by atoms with Crippen molar-refractivity contribution in [3.63, 3.8) is 0 Å². The van der Waals surface area contributed by atoms with Crippen LogP contribution in [0.25, 0.3) is 10.9 Å². The molecule has 128 valence electrons. The van der Waals surface area contributed by atoms with Crippen LogP contribution in [0.15, 0.2) is 29.1 Å². The molecule has 2 saturated heterocycles. The summed E-state index contributed by atoms with van der Waals surface area (Å²) in [6.07, 6.45) is 1.16. The molecular formula is C17H22N4O2S. The topological polar surface area (TPSA) is 70.2 Å². The number of morpholine rings is 1. The smallest absolute Gasteiger partial charge is 0.260 e. The number of anilines is 1. The number of aromatic amines is 1. The largest absolute Gasteiger partial charge is 0.379 e. The third-order valence-electron chi connectivity index (χ3n) is 4.96. The molecule has 0 amide bonds. The van der Waals surface area contributed by atoms with Crippen molar-refractivity contribution in [1.82, 2.24) is 14.9 Å². The maximum absolute atomic E-state index is 12.2. The van der Waals surface area contributed by atoms with Crippen molar-refractivity contribution in [1.29, 1.82) is 0 Å². The number of hydrogen-bond donors (Lipinski definition) is 2. The van der Waals surface area contributed by atoms with Gasteiger partial charge in [0, 0.05) is 30.9 Å². The number of nitrogens with one attached hydrogen (secondary N) is 2. The Morgan fingerprint density at radius 1 is 1.33 bits per heavy atom. The summed E-state index contributed by atoms with van der Waals surface area (Å²) in [5.74, 6) is 2.85. The molecule has 0 radical (unpaired) electrons. The maximum atomic E-state index is 12.2. The lowest BCUT2D eigenvalue weighted by Gasteiger charge is -2.43. The molecule has 2 fully saturated rings. The molecule has 2 N–H and O–H groups in total. The zero-order chi connectivity index (χ0) is 16.4. The predicted molar refractivity (Wildman–Crippen MR) is 97.9 cm³/mol. The van der Waals surface area contributed by atoms with Gasteiger partial charge in [-0.15, -0.1) is 0 Å². The van der Waals surface area contributed by atoms with Gasteiger partial charge in [-0.1, -0.05) is 12.1 Å². The first-order valence-corrected chi connectivity index (χ1v) is 9.56. The second-order valence-corrected chi connectivity index (χ2v) is 7.52. The van der Waals surface area contributed by atoms with E-state index >= 15 is 0 Å². The van der Waals surface area contributed by atoms with Crippen LogP contribution in [0, 0.1) is 0 Å². The van der Waals surface area contributed by atoms with Gasteiger partial charge in [0.1, 0.15) is 0 Å². The number of ether oxygens (including phenoxy) is 1. The fourth-order valence-corrected chi connectivity index (χ4v) is 5.03. The normalized spacial score (nSPS) is 25.2. The van der Waals surface area contributed by atoms with Crippen molar-refractivity contribution < 1.29 is 4.74 Å². The standard InChI is InChI=1S/C17H22N4O2S/c22-15-13-3-1-2-4-14(13)19-16(20-15)18-11-17(5-10-24-12-17)21-6-8-23-9-7-21/h1-4H,5-12H2,(H2,18,19,20,22). The molecule has 2 aliphatic heterocycles. The van der Waals surface area contributed by atoms with Crippen LogP contribution in [-0.2, 0) is 4.74 Å². The van der Waals surface area contributed by atoms with Crippen molar-refractivity contribution in [3.8, 4) is 0 Å². The van der Waals surface area contributed by atoms with E-state index in [9.17, 15) is 4.79 Å². The predicted octanol–water partition coefficient (Wildman–Crippen LogP) is 1.54. The Kier molecular flexibility index (Phi) is 4.47. The number of benzene rings is 1. The van der Waals surface area contributed by atoms with Gasteiger partial charge in [0.25, 0.3) is 5.56 Å². The number of rotatable bonds is 4. The lowest BCUT2D eigenvalue weighted by molar-refractivity contribution is -0.00924. The molecule has 1 atom stereocenters. The number of hydrogen-bond acceptors (Lipinski definition) is 6. The van der Waals surface area contributed by atoms with Crippen molar-refractivity contribution >= 4 is 28.6 Å². The van der Waals surface area contributed by atoms with Gasteiger partial charge in [-0.3, -0.25) is 14.7 Å². The minimum atomic E-state index is -0.0932. The van der Waals surface area contributed by atoms with Gasteiger partial charge in [-0.25, -0.2) is 4.98 Å². The van der Waals surface area contributed by atoms with E-state index in [2.05, 4.69) is 20.2 Å². The van der Waals surface area contributed by atoms with Gasteiger partial charge >= 0.3 is 0 Å². The van der Waals surface area contributed by atoms with Crippen LogP contribution in [0.1, 0.15) is 6.42 Å². The van der Waals surface area contributed by atoms with E-state index in [-0.39, 0.29) is 11.1 Å². The second kappa shape index (κ2) is 6.74. The molecule has 6 nitrogen and oxygen atoms in total. The van der Waals surface area contributed by atoms with Crippen LogP contribution in [0.5, 0.6) is 0 Å². The highest BCUT2D eigenvalue weighted by Crippen LogP contribution is 2.34. The highest BCUT2D eigenvalue weighted by Gasteiger charge is 2.40. The molecule has 1 unspecified atom stereocenters. The fraction of sp³-hybridized carbons (Fsp3) is 0.529. The number of aromatic nitrogens is 2. The van der Waals surface area contributed by atoms with E-state index < -0.39 is 0 Å².